The van der Waals surface area contributed by atoms with Crippen molar-refractivity contribution in [1.29, 1.82) is 0 Å². The number of carbonyl (C=O) groups excluding carboxylic acids is 1. The second-order valence-corrected chi connectivity index (χ2v) is 16.5. The molecule has 0 aromatic carbocycles. The number of unbranched alkanes of at least 4 members (excludes halogenated alkanes) is 17. The summed E-state index contributed by atoms with van der Waals surface area (Å²) in [5, 5.41) is 18.4. The summed E-state index contributed by atoms with van der Waals surface area (Å²) in [4.78, 5) is 22.6. The van der Waals surface area contributed by atoms with Crippen LogP contribution in [0.2, 0.25) is 0 Å². The summed E-state index contributed by atoms with van der Waals surface area (Å²) in [5.41, 5.74) is 0. The van der Waals surface area contributed by atoms with E-state index in [4.69, 9.17) is 23.6 Å². The summed E-state index contributed by atoms with van der Waals surface area (Å²) >= 11 is 0. The average molecular weight is 837 g/mol. The summed E-state index contributed by atoms with van der Waals surface area (Å²) in [6, 6.07) is 0. The van der Waals surface area contributed by atoms with E-state index in [9.17, 15) is 19.4 Å². The van der Waals surface area contributed by atoms with Gasteiger partial charge in [-0.05, 0) is 77.0 Å². The second-order valence-electron chi connectivity index (χ2n) is 15.0. The minimum atomic E-state index is -4.53. The maximum Gasteiger partial charge on any atom is 0.472 e. The maximum atomic E-state index is 12.6. The fraction of sp³-hybridized carbons (Fsp3) is 0.729. The predicted octanol–water partition coefficient (Wildman–Crippen LogP) is 12.9. The Kier molecular flexibility index (Phi) is 42.8. The summed E-state index contributed by atoms with van der Waals surface area (Å²) in [6.45, 7) is 3.31. The Labute approximate surface area is 354 Å². The van der Waals surface area contributed by atoms with E-state index in [-0.39, 0.29) is 19.6 Å². The van der Waals surface area contributed by atoms with Gasteiger partial charge in [0, 0.05) is 13.0 Å². The average Bonchev–Trinajstić information content (AvgIpc) is 3.21. The molecule has 0 spiro atoms. The quantitative estimate of drug-likeness (QED) is 0.0238. The molecule has 3 atom stereocenters. The van der Waals surface area contributed by atoms with Crippen molar-refractivity contribution < 1.29 is 43.0 Å². The molecule has 0 aliphatic carbocycles. The highest BCUT2D eigenvalue weighted by Crippen LogP contribution is 2.43. The van der Waals surface area contributed by atoms with E-state index in [1.165, 1.54) is 64.2 Å². The number of hydrogen-bond acceptors (Lipinski definition) is 8. The van der Waals surface area contributed by atoms with E-state index in [1.54, 1.807) is 0 Å². The molecule has 0 bridgehead atoms. The van der Waals surface area contributed by atoms with Gasteiger partial charge in [0.1, 0.15) is 12.2 Å². The van der Waals surface area contributed by atoms with Gasteiger partial charge in [-0.15, -0.1) is 0 Å². The van der Waals surface area contributed by atoms with Crippen molar-refractivity contribution in [3.05, 3.63) is 72.9 Å². The molecule has 58 heavy (non-hydrogen) atoms. The lowest BCUT2D eigenvalue weighted by molar-refractivity contribution is -0.154. The summed E-state index contributed by atoms with van der Waals surface area (Å²) in [7, 11) is -4.53. The summed E-state index contributed by atoms with van der Waals surface area (Å²) in [5.74, 6) is -0.394. The van der Waals surface area contributed by atoms with Gasteiger partial charge in [0.15, 0.2) is 0 Å². The Morgan fingerprint density at radius 3 is 1.48 bits per heavy atom. The van der Waals surface area contributed by atoms with Crippen LogP contribution in [0.3, 0.4) is 0 Å². The molecular weight excluding hydrogens is 751 g/mol. The van der Waals surface area contributed by atoms with E-state index in [0.29, 0.717) is 6.61 Å². The first-order chi connectivity index (χ1) is 28.3. The normalized spacial score (nSPS) is 14.6. The molecule has 10 heteroatoms. The zero-order valence-corrected chi connectivity index (χ0v) is 37.6. The molecule has 0 aromatic rings. The summed E-state index contributed by atoms with van der Waals surface area (Å²) < 4.78 is 33.4. The van der Waals surface area contributed by atoms with Crippen LogP contribution in [-0.2, 0) is 27.9 Å². The summed E-state index contributed by atoms with van der Waals surface area (Å²) in [6.07, 6.45) is 52.9. The molecule has 0 heterocycles. The van der Waals surface area contributed by atoms with Crippen LogP contribution in [0, 0.1) is 0 Å². The van der Waals surface area contributed by atoms with Gasteiger partial charge in [0.25, 0.3) is 0 Å². The van der Waals surface area contributed by atoms with Gasteiger partial charge in [-0.2, -0.15) is 0 Å². The number of phosphoric ester groups is 1. The van der Waals surface area contributed by atoms with E-state index in [1.807, 2.05) is 0 Å². The molecule has 0 aliphatic rings. The van der Waals surface area contributed by atoms with Crippen LogP contribution in [0.5, 0.6) is 0 Å². The molecule has 0 aromatic heterocycles. The second kappa shape index (κ2) is 44.5. The van der Waals surface area contributed by atoms with Gasteiger partial charge in [-0.3, -0.25) is 13.8 Å². The van der Waals surface area contributed by atoms with Crippen molar-refractivity contribution in [2.24, 2.45) is 0 Å². The molecule has 9 nitrogen and oxygen atoms in total. The van der Waals surface area contributed by atoms with Gasteiger partial charge in [-0.1, -0.05) is 170 Å². The van der Waals surface area contributed by atoms with Crippen molar-refractivity contribution in [3.63, 3.8) is 0 Å². The Hall–Kier alpha value is -2.10. The van der Waals surface area contributed by atoms with Gasteiger partial charge in [-0.25, -0.2) is 4.57 Å². The highest BCUT2D eigenvalue weighted by atomic mass is 31.2. The molecule has 336 valence electrons. The number of phosphoric acid groups is 1. The van der Waals surface area contributed by atoms with E-state index in [2.05, 4.69) is 86.8 Å². The van der Waals surface area contributed by atoms with Crippen molar-refractivity contribution in [2.45, 2.75) is 193 Å². The monoisotopic (exact) mass is 837 g/mol. The first kappa shape index (κ1) is 55.9. The van der Waals surface area contributed by atoms with E-state index < -0.39 is 39.2 Å². The first-order valence-electron chi connectivity index (χ1n) is 22.9. The van der Waals surface area contributed by atoms with Crippen molar-refractivity contribution >= 4 is 13.8 Å². The van der Waals surface area contributed by atoms with Crippen LogP contribution in [-0.4, -0.2) is 66.3 Å². The molecule has 0 radical (unpaired) electrons. The SMILES string of the molecule is CC/C=C\C/C=C\C/C=C\C/C=C\CCCCCCCCCCCCC(=O)OC(COCCCCCCCC/C=C\C/C=C\CCC)COP(=O)(O)OCC(O)CO. The number of allylic oxidation sites excluding steroid dienone is 12. The molecule has 0 fully saturated rings. The third-order valence-corrected chi connectivity index (χ3v) is 10.3. The predicted molar refractivity (Wildman–Crippen MR) is 242 cm³/mol. The number of aliphatic hydroxyl groups excluding tert-OH is 2. The lowest BCUT2D eigenvalue weighted by Gasteiger charge is -2.20. The Morgan fingerprint density at radius 2 is 0.983 bits per heavy atom. The Bertz CT molecular complexity index is 1130. The standard InChI is InChI=1S/C48H85O9P/c1-3-5-7-9-11-13-15-17-19-20-21-22-23-24-25-26-27-28-30-32-34-36-38-40-48(51)57-47(45-56-58(52,53)55-43-46(50)42-49)44-54-41-39-37-35-33-31-29-18-16-14-12-10-8-6-4-2/h5,7-8,10-11,13-14,16-17,19,21-22,46-47,49-50H,3-4,6,9,12,15,18,20,23-45H2,1-2H3,(H,52,53)/b7-5-,10-8-,13-11-,16-14-,19-17-,22-21-. The van der Waals surface area contributed by atoms with Crippen LogP contribution >= 0.6 is 7.82 Å². The minimum Gasteiger partial charge on any atom is -0.457 e. The number of ether oxygens (including phenoxy) is 2. The number of esters is 1. The van der Waals surface area contributed by atoms with Crippen molar-refractivity contribution in [2.75, 3.05) is 33.0 Å². The van der Waals surface area contributed by atoms with Crippen LogP contribution in [0.4, 0.5) is 0 Å². The van der Waals surface area contributed by atoms with E-state index in [0.717, 1.165) is 96.3 Å². The zero-order chi connectivity index (χ0) is 42.5. The Morgan fingerprint density at radius 1 is 0.552 bits per heavy atom. The fourth-order valence-electron chi connectivity index (χ4n) is 5.91. The maximum absolute atomic E-state index is 12.6. The highest BCUT2D eigenvalue weighted by molar-refractivity contribution is 7.47. The van der Waals surface area contributed by atoms with E-state index >= 15 is 0 Å². The Balaban J connectivity index is 4.13. The van der Waals surface area contributed by atoms with Gasteiger partial charge >= 0.3 is 13.8 Å². The van der Waals surface area contributed by atoms with Crippen molar-refractivity contribution in [1.82, 2.24) is 0 Å². The van der Waals surface area contributed by atoms with Crippen LogP contribution < -0.4 is 0 Å². The third-order valence-electron chi connectivity index (χ3n) is 9.36. The number of carbonyl (C=O) groups is 1. The molecule has 0 amide bonds. The van der Waals surface area contributed by atoms with Gasteiger partial charge < -0.3 is 24.6 Å². The molecule has 3 unspecified atom stereocenters. The van der Waals surface area contributed by atoms with Gasteiger partial charge in [0.05, 0.1) is 26.4 Å². The molecule has 0 saturated carbocycles. The first-order valence-corrected chi connectivity index (χ1v) is 24.4. The van der Waals surface area contributed by atoms with Crippen molar-refractivity contribution in [3.8, 4) is 0 Å². The minimum absolute atomic E-state index is 0.0371. The number of rotatable bonds is 43. The fourth-order valence-corrected chi connectivity index (χ4v) is 6.70. The molecular formula is C48H85O9P. The zero-order valence-electron chi connectivity index (χ0n) is 36.7. The lowest BCUT2D eigenvalue weighted by atomic mass is 10.0. The molecule has 0 aliphatic heterocycles. The van der Waals surface area contributed by atoms with Gasteiger partial charge in [0.2, 0.25) is 0 Å². The topological polar surface area (TPSA) is 132 Å². The molecule has 3 N–H and O–H groups in total. The third kappa shape index (κ3) is 43.5. The van der Waals surface area contributed by atoms with Crippen LogP contribution in [0.1, 0.15) is 181 Å². The highest BCUT2D eigenvalue weighted by Gasteiger charge is 2.26. The number of hydrogen-bond donors (Lipinski definition) is 3. The largest absolute Gasteiger partial charge is 0.472 e. The molecule has 0 rings (SSSR count). The molecule has 0 saturated heterocycles. The lowest BCUT2D eigenvalue weighted by Crippen LogP contribution is -2.29. The van der Waals surface area contributed by atoms with Crippen LogP contribution in [0.25, 0.3) is 0 Å². The smallest absolute Gasteiger partial charge is 0.457 e. The number of aliphatic hydroxyl groups is 2. The van der Waals surface area contributed by atoms with Crippen LogP contribution in [0.15, 0.2) is 72.9 Å².